The molecule has 0 bridgehead atoms. The van der Waals surface area contributed by atoms with Gasteiger partial charge in [-0.05, 0) is 50.1 Å². The van der Waals surface area contributed by atoms with E-state index in [9.17, 15) is 0 Å². The van der Waals surface area contributed by atoms with Gasteiger partial charge in [0.1, 0.15) is 5.65 Å². The minimum absolute atomic E-state index is 0.187. The van der Waals surface area contributed by atoms with Crippen molar-refractivity contribution in [1.29, 1.82) is 0 Å². The van der Waals surface area contributed by atoms with Crippen LogP contribution in [0.3, 0.4) is 0 Å². The van der Waals surface area contributed by atoms with Crippen molar-refractivity contribution in [2.45, 2.75) is 37.9 Å². The fraction of sp³-hybridized carbons (Fsp3) is 0.400. The first-order valence-corrected chi connectivity index (χ1v) is 9.24. The minimum atomic E-state index is -0.187. The Kier molecular flexibility index (Phi) is 4.72. The van der Waals surface area contributed by atoms with Crippen LogP contribution >= 0.6 is 0 Å². The average molecular weight is 350 g/mol. The molecular weight excluding hydrogens is 324 g/mol. The van der Waals surface area contributed by atoms with Crippen LogP contribution in [0.2, 0.25) is 0 Å². The van der Waals surface area contributed by atoms with Gasteiger partial charge < -0.3 is 15.9 Å². The van der Waals surface area contributed by atoms with E-state index in [1.807, 2.05) is 30.5 Å². The second-order valence-electron chi connectivity index (χ2n) is 7.12. The lowest BCUT2D eigenvalue weighted by atomic mass is 9.91. The zero-order valence-electron chi connectivity index (χ0n) is 15.2. The van der Waals surface area contributed by atoms with Gasteiger partial charge in [0.05, 0.1) is 23.5 Å². The summed E-state index contributed by atoms with van der Waals surface area (Å²) < 4.78 is 2.06. The Labute approximate surface area is 153 Å². The normalized spacial score (nSPS) is 18.2. The Balaban J connectivity index is 1.60. The highest BCUT2D eigenvalue weighted by Crippen LogP contribution is 2.32. The molecule has 1 aliphatic rings. The summed E-state index contributed by atoms with van der Waals surface area (Å²) in [5, 5.41) is 0. The predicted octanol–water partition coefficient (Wildman–Crippen LogP) is 2.20. The van der Waals surface area contributed by atoms with Crippen LogP contribution in [0.4, 0.5) is 0 Å². The number of fused-ring (bicyclic) bond motifs is 2. The average Bonchev–Trinajstić information content (AvgIpc) is 3.09. The summed E-state index contributed by atoms with van der Waals surface area (Å²) in [7, 11) is 2.16. The summed E-state index contributed by atoms with van der Waals surface area (Å²) in [6.45, 7) is 1.19. The van der Waals surface area contributed by atoms with E-state index in [0.717, 1.165) is 36.4 Å². The second kappa shape index (κ2) is 7.15. The van der Waals surface area contributed by atoms with Gasteiger partial charge >= 0.3 is 0 Å². The molecule has 0 saturated heterocycles. The molecule has 0 aromatic carbocycles. The Morgan fingerprint density at radius 1 is 1.31 bits per heavy atom. The van der Waals surface area contributed by atoms with Crippen molar-refractivity contribution in [2.24, 2.45) is 11.5 Å². The van der Waals surface area contributed by atoms with E-state index in [1.54, 1.807) is 0 Å². The maximum atomic E-state index is 6.15. The molecule has 0 amide bonds. The number of hydrogen-bond acceptors (Lipinski definition) is 5. The van der Waals surface area contributed by atoms with Crippen molar-refractivity contribution < 1.29 is 0 Å². The monoisotopic (exact) mass is 350 g/mol. The van der Waals surface area contributed by atoms with E-state index in [0.29, 0.717) is 12.6 Å². The highest BCUT2D eigenvalue weighted by atomic mass is 15.2. The molecule has 4 N–H and O–H groups in total. The molecule has 0 radical (unpaired) electrons. The van der Waals surface area contributed by atoms with Crippen molar-refractivity contribution in [2.75, 3.05) is 13.6 Å². The van der Waals surface area contributed by atoms with Crippen LogP contribution in [0, 0.1) is 0 Å². The number of aryl methyl sites for hydroxylation is 1. The van der Waals surface area contributed by atoms with Crippen LogP contribution in [0.5, 0.6) is 0 Å². The van der Waals surface area contributed by atoms with Crippen LogP contribution in [0.25, 0.3) is 5.65 Å². The Morgan fingerprint density at radius 3 is 3.04 bits per heavy atom. The smallest absolute Gasteiger partial charge is 0.137 e. The van der Waals surface area contributed by atoms with Crippen molar-refractivity contribution >= 4 is 5.65 Å². The molecule has 0 spiro atoms. The van der Waals surface area contributed by atoms with Crippen LogP contribution in [0.1, 0.15) is 47.6 Å². The van der Waals surface area contributed by atoms with Gasteiger partial charge in [0.15, 0.2) is 0 Å². The largest absolute Gasteiger partial charge is 0.329 e. The lowest BCUT2D eigenvalue weighted by molar-refractivity contribution is 0.206. The summed E-state index contributed by atoms with van der Waals surface area (Å²) >= 11 is 0. The highest BCUT2D eigenvalue weighted by molar-refractivity contribution is 5.42. The molecule has 3 aromatic rings. The molecule has 26 heavy (non-hydrogen) atoms. The predicted molar refractivity (Wildman–Crippen MR) is 103 cm³/mol. The molecule has 0 fully saturated rings. The van der Waals surface area contributed by atoms with Gasteiger partial charge in [-0.3, -0.25) is 9.88 Å². The van der Waals surface area contributed by atoms with Gasteiger partial charge in [0.2, 0.25) is 0 Å². The van der Waals surface area contributed by atoms with Crippen molar-refractivity contribution in [3.8, 4) is 0 Å². The zero-order valence-corrected chi connectivity index (χ0v) is 15.2. The molecule has 0 aliphatic heterocycles. The number of nitrogens with zero attached hydrogens (tertiary/aromatic N) is 4. The van der Waals surface area contributed by atoms with Gasteiger partial charge in [-0.15, -0.1) is 0 Å². The lowest BCUT2D eigenvalue weighted by Crippen LogP contribution is -2.28. The summed E-state index contributed by atoms with van der Waals surface area (Å²) in [6.07, 6.45) is 7.45. The molecule has 4 rings (SSSR count). The second-order valence-corrected chi connectivity index (χ2v) is 7.12. The van der Waals surface area contributed by atoms with Crippen molar-refractivity contribution in [3.63, 3.8) is 0 Å². The first-order chi connectivity index (χ1) is 12.7. The number of rotatable bonds is 5. The Morgan fingerprint density at radius 2 is 2.19 bits per heavy atom. The molecule has 0 saturated carbocycles. The summed E-state index contributed by atoms with van der Waals surface area (Å²) in [5.74, 6) is 0. The quantitative estimate of drug-likeness (QED) is 0.737. The number of nitrogens with two attached hydrogens (primary N) is 2. The van der Waals surface area contributed by atoms with Gasteiger partial charge in [-0.1, -0.05) is 12.1 Å². The molecule has 2 unspecified atom stereocenters. The van der Waals surface area contributed by atoms with Gasteiger partial charge in [0, 0.05) is 31.2 Å². The van der Waals surface area contributed by atoms with E-state index in [-0.39, 0.29) is 6.04 Å². The molecule has 6 heteroatoms. The summed E-state index contributed by atoms with van der Waals surface area (Å²) in [5.41, 5.74) is 17.4. The highest BCUT2D eigenvalue weighted by Gasteiger charge is 2.25. The zero-order chi connectivity index (χ0) is 18.1. The van der Waals surface area contributed by atoms with E-state index >= 15 is 0 Å². The molecule has 6 nitrogen and oxygen atoms in total. The lowest BCUT2D eigenvalue weighted by Gasteiger charge is -2.31. The molecule has 3 aromatic heterocycles. The van der Waals surface area contributed by atoms with Crippen LogP contribution in [-0.4, -0.2) is 32.9 Å². The minimum Gasteiger partial charge on any atom is -0.329 e. The molecule has 1 aliphatic carbocycles. The van der Waals surface area contributed by atoms with Gasteiger partial charge in [-0.25, -0.2) is 4.98 Å². The maximum Gasteiger partial charge on any atom is 0.137 e. The molecule has 136 valence electrons. The van der Waals surface area contributed by atoms with Crippen molar-refractivity contribution in [3.05, 3.63) is 65.4 Å². The molecule has 2 atom stereocenters. The maximum absolute atomic E-state index is 6.15. The van der Waals surface area contributed by atoms with Crippen LogP contribution in [0.15, 0.2) is 42.7 Å². The third-order valence-corrected chi connectivity index (χ3v) is 5.32. The van der Waals surface area contributed by atoms with E-state index in [1.165, 1.54) is 17.7 Å². The number of hydrogen-bond donors (Lipinski definition) is 2. The van der Waals surface area contributed by atoms with Crippen LogP contribution < -0.4 is 11.5 Å². The number of aromatic nitrogens is 3. The fourth-order valence-electron chi connectivity index (χ4n) is 3.96. The molecule has 3 heterocycles. The fourth-order valence-corrected chi connectivity index (χ4v) is 3.96. The van der Waals surface area contributed by atoms with E-state index in [2.05, 4.69) is 33.6 Å². The topological polar surface area (TPSA) is 85.5 Å². The van der Waals surface area contributed by atoms with Gasteiger partial charge in [0.25, 0.3) is 0 Å². The Bertz CT molecular complexity index is 902. The van der Waals surface area contributed by atoms with Gasteiger partial charge in [-0.2, -0.15) is 0 Å². The SMILES string of the molecule is CN(Cc1cn2c(C(N)CN)cccc2n1)C1CCCc2cccnc21. The van der Waals surface area contributed by atoms with Crippen molar-refractivity contribution in [1.82, 2.24) is 19.3 Å². The van der Waals surface area contributed by atoms with E-state index < -0.39 is 0 Å². The third kappa shape index (κ3) is 3.11. The molecular formula is C20H26N6. The van der Waals surface area contributed by atoms with Crippen LogP contribution in [-0.2, 0) is 13.0 Å². The Hall–Kier alpha value is -2.28. The summed E-state index contributed by atoms with van der Waals surface area (Å²) in [4.78, 5) is 11.8. The summed E-state index contributed by atoms with van der Waals surface area (Å²) in [6, 6.07) is 10.4. The number of imidazole rings is 1. The first kappa shape index (κ1) is 17.1. The first-order valence-electron chi connectivity index (χ1n) is 9.24. The standard InChI is InChI=1S/C20H26N6/c1-25(18-8-2-5-14-6-4-10-23-20(14)18)12-15-13-26-17(16(22)11-21)7-3-9-19(26)24-15/h3-4,6-7,9-10,13,16,18H,2,5,8,11-12,21-22H2,1H3. The third-order valence-electron chi connectivity index (χ3n) is 5.32. The number of pyridine rings is 2. The van der Waals surface area contributed by atoms with E-state index in [4.69, 9.17) is 16.5 Å².